The number of hydrogen-bond donors (Lipinski definition) is 1. The highest BCUT2D eigenvalue weighted by molar-refractivity contribution is 5.66. The monoisotopic (exact) mass is 502 g/mol. The van der Waals surface area contributed by atoms with Crippen LogP contribution in [0.15, 0.2) is 0 Å². The fourth-order valence-electron chi connectivity index (χ4n) is 11.5. The fourth-order valence-corrected chi connectivity index (χ4v) is 11.5. The Balaban J connectivity index is 1.42. The maximum atomic E-state index is 11.9. The van der Waals surface area contributed by atoms with E-state index in [0.717, 1.165) is 25.2 Å². The third-order valence-corrected chi connectivity index (χ3v) is 13.5. The second kappa shape index (κ2) is 8.20. The smallest absolute Gasteiger partial charge is 0.302 e. The quantitative estimate of drug-likeness (QED) is 0.411. The van der Waals surface area contributed by atoms with E-state index in [-0.39, 0.29) is 29.2 Å². The van der Waals surface area contributed by atoms with Crippen molar-refractivity contribution in [2.24, 2.45) is 45.3 Å². The molecule has 0 unspecified atom stereocenters. The van der Waals surface area contributed by atoms with Crippen LogP contribution in [0.5, 0.6) is 0 Å². The molecule has 4 heteroatoms. The third kappa shape index (κ3) is 3.62. The van der Waals surface area contributed by atoms with Crippen molar-refractivity contribution >= 4 is 5.97 Å². The lowest BCUT2D eigenvalue weighted by Crippen LogP contribution is -2.64. The lowest BCUT2D eigenvalue weighted by molar-refractivity contribution is -0.231. The molecule has 5 aliphatic rings. The third-order valence-electron chi connectivity index (χ3n) is 13.5. The van der Waals surface area contributed by atoms with Gasteiger partial charge in [-0.25, -0.2) is 0 Å². The number of hydrogen-bond acceptors (Lipinski definition) is 4. The molecule has 1 aliphatic heterocycles. The molecule has 0 radical (unpaired) electrons. The lowest BCUT2D eigenvalue weighted by atomic mass is 9.35. The fraction of sp³-hybridized carbons (Fsp3) is 0.969. The van der Waals surface area contributed by atoms with Gasteiger partial charge in [-0.1, -0.05) is 34.6 Å². The van der Waals surface area contributed by atoms with E-state index >= 15 is 0 Å². The van der Waals surface area contributed by atoms with Gasteiger partial charge in [0, 0.05) is 12.3 Å². The molecule has 0 spiro atoms. The molecule has 0 aromatic heterocycles. The van der Waals surface area contributed by atoms with Crippen LogP contribution in [0.2, 0.25) is 0 Å². The zero-order valence-electron chi connectivity index (χ0n) is 24.7. The highest BCUT2D eigenvalue weighted by atomic mass is 16.5. The summed E-state index contributed by atoms with van der Waals surface area (Å²) in [7, 11) is 0. The summed E-state index contributed by atoms with van der Waals surface area (Å²) in [6.45, 7) is 20.4. The first-order valence-corrected chi connectivity index (χ1v) is 15.1. The lowest BCUT2D eigenvalue weighted by Gasteiger charge is -2.70. The molecule has 10 atom stereocenters. The van der Waals surface area contributed by atoms with Gasteiger partial charge in [-0.05, 0) is 125 Å². The van der Waals surface area contributed by atoms with Crippen LogP contribution in [0.3, 0.4) is 0 Å². The van der Waals surface area contributed by atoms with E-state index in [1.165, 1.54) is 44.9 Å². The largest absolute Gasteiger partial charge is 0.462 e. The van der Waals surface area contributed by atoms with E-state index in [4.69, 9.17) is 9.47 Å². The number of carbonyl (C=O) groups is 1. The zero-order valence-corrected chi connectivity index (χ0v) is 24.7. The molecule has 1 heterocycles. The summed E-state index contributed by atoms with van der Waals surface area (Å²) in [4.78, 5) is 11.9. The van der Waals surface area contributed by atoms with Crippen LogP contribution >= 0.6 is 0 Å². The average molecular weight is 503 g/mol. The van der Waals surface area contributed by atoms with E-state index in [1.54, 1.807) is 6.92 Å². The molecule has 4 saturated carbocycles. The topological polar surface area (TPSA) is 55.8 Å². The van der Waals surface area contributed by atoms with E-state index in [9.17, 15) is 9.90 Å². The Morgan fingerprint density at radius 3 is 2.08 bits per heavy atom. The van der Waals surface area contributed by atoms with Crippen molar-refractivity contribution in [1.29, 1.82) is 0 Å². The van der Waals surface area contributed by atoms with Gasteiger partial charge in [0.05, 0.1) is 17.3 Å². The maximum Gasteiger partial charge on any atom is 0.302 e. The highest BCUT2D eigenvalue weighted by Crippen LogP contribution is 2.76. The molecule has 4 aliphatic carbocycles. The Kier molecular flexibility index (Phi) is 6.14. The summed E-state index contributed by atoms with van der Waals surface area (Å²) in [5.41, 5.74) is 0.122. The Hall–Kier alpha value is -0.610. The molecule has 5 fully saturated rings. The van der Waals surface area contributed by atoms with Crippen LogP contribution in [0.25, 0.3) is 0 Å². The molecular weight excluding hydrogens is 448 g/mol. The number of rotatable bonds is 3. The number of fused-ring (bicyclic) bond motifs is 5. The predicted octanol–water partition coefficient (Wildman–Crippen LogP) is 7.31. The SMILES string of the molecule is CC(=O)O[C@H]1CC[C@@]2(C)[C@@H](CC[C@]3(C)[C@H]2CC[C@@H]2[C@@H]([C@]4(C)CC[C@H](C(C)(C)O)O4)CC[C@]23C)C1(C)C. The van der Waals surface area contributed by atoms with E-state index in [1.807, 2.05) is 13.8 Å². The Morgan fingerprint density at radius 1 is 0.806 bits per heavy atom. The second-order valence-electron chi connectivity index (χ2n) is 15.9. The summed E-state index contributed by atoms with van der Waals surface area (Å²) < 4.78 is 12.6. The van der Waals surface area contributed by atoms with E-state index < -0.39 is 5.60 Å². The van der Waals surface area contributed by atoms with Crippen LogP contribution in [-0.2, 0) is 14.3 Å². The molecule has 5 rings (SSSR count). The minimum atomic E-state index is -0.770. The van der Waals surface area contributed by atoms with Crippen molar-refractivity contribution in [3.8, 4) is 0 Å². The van der Waals surface area contributed by atoms with Gasteiger partial charge in [0.1, 0.15) is 6.10 Å². The zero-order chi connectivity index (χ0) is 26.5. The van der Waals surface area contributed by atoms with Gasteiger partial charge in [-0.3, -0.25) is 4.79 Å². The highest BCUT2D eigenvalue weighted by Gasteiger charge is 2.70. The minimum absolute atomic E-state index is 0.0211. The van der Waals surface area contributed by atoms with E-state index in [2.05, 4.69) is 41.5 Å². The predicted molar refractivity (Wildman–Crippen MR) is 143 cm³/mol. The summed E-state index contributed by atoms with van der Waals surface area (Å²) in [6.07, 6.45) is 11.9. The summed E-state index contributed by atoms with van der Waals surface area (Å²) >= 11 is 0. The van der Waals surface area contributed by atoms with E-state index in [0.29, 0.717) is 34.0 Å². The van der Waals surface area contributed by atoms with Gasteiger partial charge in [0.15, 0.2) is 0 Å². The minimum Gasteiger partial charge on any atom is -0.462 e. The van der Waals surface area contributed by atoms with Gasteiger partial charge >= 0.3 is 5.97 Å². The van der Waals surface area contributed by atoms with Gasteiger partial charge in [-0.15, -0.1) is 0 Å². The van der Waals surface area contributed by atoms with Crippen molar-refractivity contribution < 1.29 is 19.4 Å². The molecular formula is C32H54O4. The first kappa shape index (κ1) is 27.0. The standard InChI is InChI=1S/C32H54O4/c1-20(33)35-25-14-16-29(6)23(27(25,2)3)13-18-31(8)24(29)11-10-21-22(12-17-30(21,31)7)32(9)19-15-26(36-32)28(4,5)34/h21-26,34H,10-19H2,1-9H3/t21-,22+,23+,24+,25+,26-,29+,30-,31-,32+/m1/s1. The van der Waals surface area contributed by atoms with Crippen molar-refractivity contribution in [3.63, 3.8) is 0 Å². The van der Waals surface area contributed by atoms with Crippen LogP contribution in [0.4, 0.5) is 0 Å². The summed E-state index contributed by atoms with van der Waals surface area (Å²) in [5, 5.41) is 10.7. The van der Waals surface area contributed by atoms with Crippen molar-refractivity contribution in [3.05, 3.63) is 0 Å². The van der Waals surface area contributed by atoms with Crippen LogP contribution < -0.4 is 0 Å². The molecule has 1 saturated heterocycles. The Labute approximate surface area is 220 Å². The van der Waals surface area contributed by atoms with Gasteiger partial charge in [0.25, 0.3) is 0 Å². The van der Waals surface area contributed by atoms with Crippen molar-refractivity contribution in [1.82, 2.24) is 0 Å². The molecule has 36 heavy (non-hydrogen) atoms. The number of aliphatic hydroxyl groups is 1. The molecule has 0 aromatic carbocycles. The van der Waals surface area contributed by atoms with Crippen LogP contribution in [0, 0.1) is 45.3 Å². The average Bonchev–Trinajstić information content (AvgIpc) is 3.32. The first-order chi connectivity index (χ1) is 16.5. The Bertz CT molecular complexity index is 889. The van der Waals surface area contributed by atoms with Crippen LogP contribution in [0.1, 0.15) is 127 Å². The Morgan fingerprint density at radius 2 is 1.47 bits per heavy atom. The maximum absolute atomic E-state index is 11.9. The van der Waals surface area contributed by atoms with Crippen LogP contribution in [-0.4, -0.2) is 34.5 Å². The molecule has 0 amide bonds. The summed E-state index contributed by atoms with van der Waals surface area (Å²) in [6, 6.07) is 0. The second-order valence-corrected chi connectivity index (χ2v) is 15.9. The van der Waals surface area contributed by atoms with Gasteiger partial charge in [0.2, 0.25) is 0 Å². The molecule has 4 nitrogen and oxygen atoms in total. The van der Waals surface area contributed by atoms with Crippen molar-refractivity contribution in [2.75, 3.05) is 0 Å². The first-order valence-electron chi connectivity index (χ1n) is 15.1. The van der Waals surface area contributed by atoms with Gasteiger partial charge < -0.3 is 14.6 Å². The molecule has 206 valence electrons. The number of ether oxygens (including phenoxy) is 2. The molecule has 0 aromatic rings. The molecule has 1 N–H and O–H groups in total. The number of esters is 1. The van der Waals surface area contributed by atoms with Gasteiger partial charge in [-0.2, -0.15) is 0 Å². The summed E-state index contributed by atoms with van der Waals surface area (Å²) in [5.74, 6) is 2.49. The normalized spacial score (nSPS) is 52.3. The van der Waals surface area contributed by atoms with Crippen molar-refractivity contribution in [2.45, 2.75) is 150 Å². The molecule has 0 bridgehead atoms. The number of carbonyl (C=O) groups excluding carboxylic acids is 1.